The molecule has 0 heterocycles. The average molecular weight is 368 g/mol. The molecule has 0 aliphatic rings. The van der Waals surface area contributed by atoms with Gasteiger partial charge in [-0.1, -0.05) is 37.6 Å². The number of hydrogen-bond acceptors (Lipinski definition) is 3. The molecule has 1 unspecified atom stereocenters. The van der Waals surface area contributed by atoms with Crippen molar-refractivity contribution in [1.82, 2.24) is 5.32 Å². The van der Waals surface area contributed by atoms with Crippen molar-refractivity contribution in [2.45, 2.75) is 33.7 Å². The number of benzene rings is 2. The summed E-state index contributed by atoms with van der Waals surface area (Å²) in [4.78, 5) is 36.4. The van der Waals surface area contributed by atoms with E-state index in [1.807, 2.05) is 26.8 Å². The Kier molecular flexibility index (Phi) is 6.34. The van der Waals surface area contributed by atoms with Gasteiger partial charge < -0.3 is 15.7 Å². The maximum atomic E-state index is 12.7. The van der Waals surface area contributed by atoms with E-state index >= 15 is 0 Å². The van der Waals surface area contributed by atoms with Gasteiger partial charge in [-0.3, -0.25) is 9.59 Å². The first kappa shape index (κ1) is 20.2. The van der Waals surface area contributed by atoms with Crippen molar-refractivity contribution in [2.24, 2.45) is 5.92 Å². The Hall–Kier alpha value is -3.15. The number of nitrogens with one attached hydrogen (secondary N) is 2. The number of carbonyl (C=O) groups is 3. The van der Waals surface area contributed by atoms with Gasteiger partial charge in [0.25, 0.3) is 5.91 Å². The molecule has 142 valence electrons. The molecular formula is C21H24N2O4. The normalized spacial score (nSPS) is 11.7. The van der Waals surface area contributed by atoms with Crippen LogP contribution in [0, 0.1) is 19.8 Å². The third-order valence-corrected chi connectivity index (χ3v) is 4.25. The highest BCUT2D eigenvalue weighted by Crippen LogP contribution is 2.17. The highest BCUT2D eigenvalue weighted by Gasteiger charge is 2.25. The smallest absolute Gasteiger partial charge is 0.336 e. The minimum Gasteiger partial charge on any atom is -0.478 e. The van der Waals surface area contributed by atoms with Crippen LogP contribution in [-0.4, -0.2) is 28.9 Å². The molecule has 1 atom stereocenters. The molecule has 0 radical (unpaired) electrons. The second kappa shape index (κ2) is 8.49. The largest absolute Gasteiger partial charge is 0.478 e. The second-order valence-electron chi connectivity index (χ2n) is 6.89. The Balaban J connectivity index is 2.17. The predicted molar refractivity (Wildman–Crippen MR) is 104 cm³/mol. The molecule has 0 saturated carbocycles. The lowest BCUT2D eigenvalue weighted by atomic mass is 10.0. The molecule has 2 amide bonds. The number of amides is 2. The monoisotopic (exact) mass is 368 g/mol. The predicted octanol–water partition coefficient (Wildman–Crippen LogP) is 3.39. The molecule has 0 bridgehead atoms. The van der Waals surface area contributed by atoms with Crippen molar-refractivity contribution >= 4 is 23.5 Å². The third kappa shape index (κ3) is 5.17. The van der Waals surface area contributed by atoms with Crippen LogP contribution in [0.4, 0.5) is 5.69 Å². The van der Waals surface area contributed by atoms with E-state index < -0.39 is 17.9 Å². The summed E-state index contributed by atoms with van der Waals surface area (Å²) in [6.45, 7) is 7.24. The lowest BCUT2D eigenvalue weighted by Crippen LogP contribution is -2.47. The van der Waals surface area contributed by atoms with Crippen molar-refractivity contribution in [3.05, 3.63) is 64.7 Å². The summed E-state index contributed by atoms with van der Waals surface area (Å²) in [6, 6.07) is 11.0. The van der Waals surface area contributed by atoms with Gasteiger partial charge in [0.15, 0.2) is 0 Å². The first-order valence-electron chi connectivity index (χ1n) is 8.71. The molecule has 0 spiro atoms. The van der Waals surface area contributed by atoms with Crippen LogP contribution in [0.2, 0.25) is 0 Å². The maximum Gasteiger partial charge on any atom is 0.336 e. The van der Waals surface area contributed by atoms with Gasteiger partial charge in [-0.05, 0) is 49.6 Å². The molecule has 0 aliphatic carbocycles. The summed E-state index contributed by atoms with van der Waals surface area (Å²) in [5, 5.41) is 14.7. The first-order valence-corrected chi connectivity index (χ1v) is 8.71. The molecule has 3 N–H and O–H groups in total. The van der Waals surface area contributed by atoms with Crippen LogP contribution in [0.15, 0.2) is 42.5 Å². The lowest BCUT2D eigenvalue weighted by molar-refractivity contribution is -0.118. The molecule has 2 rings (SSSR count). The molecule has 27 heavy (non-hydrogen) atoms. The maximum absolute atomic E-state index is 12.7. The van der Waals surface area contributed by atoms with Gasteiger partial charge in [0.05, 0.1) is 5.56 Å². The third-order valence-electron chi connectivity index (χ3n) is 4.25. The van der Waals surface area contributed by atoms with Gasteiger partial charge in [-0.2, -0.15) is 0 Å². The summed E-state index contributed by atoms with van der Waals surface area (Å²) >= 11 is 0. The van der Waals surface area contributed by atoms with Crippen LogP contribution in [0.3, 0.4) is 0 Å². The van der Waals surface area contributed by atoms with Gasteiger partial charge in [0, 0.05) is 11.3 Å². The Bertz CT molecular complexity index is 874. The molecule has 2 aromatic rings. The van der Waals surface area contributed by atoms with Crippen LogP contribution < -0.4 is 10.6 Å². The molecule has 6 heteroatoms. The fraction of sp³-hybridized carbons (Fsp3) is 0.286. The number of hydrogen-bond donors (Lipinski definition) is 3. The fourth-order valence-corrected chi connectivity index (χ4v) is 2.70. The summed E-state index contributed by atoms with van der Waals surface area (Å²) in [5.74, 6) is -1.94. The number of carbonyl (C=O) groups excluding carboxylic acids is 2. The van der Waals surface area contributed by atoms with E-state index in [0.717, 1.165) is 5.56 Å². The van der Waals surface area contributed by atoms with Crippen molar-refractivity contribution in [3.8, 4) is 0 Å². The number of carboxylic acids is 1. The van der Waals surface area contributed by atoms with Crippen molar-refractivity contribution in [2.75, 3.05) is 5.32 Å². The number of carboxylic acid groups (broad SMARTS) is 1. The van der Waals surface area contributed by atoms with Crippen LogP contribution in [-0.2, 0) is 4.79 Å². The second-order valence-corrected chi connectivity index (χ2v) is 6.89. The fourth-order valence-electron chi connectivity index (χ4n) is 2.70. The summed E-state index contributed by atoms with van der Waals surface area (Å²) in [6.07, 6.45) is 0. The van der Waals surface area contributed by atoms with Crippen LogP contribution in [0.5, 0.6) is 0 Å². The van der Waals surface area contributed by atoms with Crippen LogP contribution in [0.25, 0.3) is 0 Å². The zero-order chi connectivity index (χ0) is 20.1. The van der Waals surface area contributed by atoms with Gasteiger partial charge in [-0.25, -0.2) is 4.79 Å². The molecule has 2 aromatic carbocycles. The Morgan fingerprint density at radius 1 is 1.00 bits per heavy atom. The Labute approximate surface area is 158 Å². The Morgan fingerprint density at radius 3 is 2.30 bits per heavy atom. The molecule has 6 nitrogen and oxygen atoms in total. The summed E-state index contributed by atoms with van der Waals surface area (Å²) < 4.78 is 0. The number of aromatic carboxylic acids is 1. The van der Waals surface area contributed by atoms with Crippen LogP contribution in [0.1, 0.15) is 45.7 Å². The van der Waals surface area contributed by atoms with E-state index in [1.165, 1.54) is 6.07 Å². The average Bonchev–Trinajstić information content (AvgIpc) is 2.60. The van der Waals surface area contributed by atoms with E-state index in [1.54, 1.807) is 37.3 Å². The van der Waals surface area contributed by atoms with Gasteiger partial charge >= 0.3 is 5.97 Å². The minimum absolute atomic E-state index is 0.123. The molecule has 0 fully saturated rings. The van der Waals surface area contributed by atoms with Crippen molar-refractivity contribution < 1.29 is 19.5 Å². The molecule has 0 aliphatic heterocycles. The topological polar surface area (TPSA) is 95.5 Å². The standard InChI is InChI=1S/C21H24N2O4/c1-12(2)18(23-19(24)15-7-5-6-13(3)10-15)20(25)22-16-9-8-14(4)17(11-16)21(26)27/h5-12,18H,1-4H3,(H,22,25)(H,23,24)(H,26,27). The van der Waals surface area contributed by atoms with E-state index in [2.05, 4.69) is 10.6 Å². The van der Waals surface area contributed by atoms with Gasteiger partial charge in [0.1, 0.15) is 6.04 Å². The number of anilines is 1. The SMILES string of the molecule is Cc1cccc(C(=O)NC(C(=O)Nc2ccc(C)c(C(=O)O)c2)C(C)C)c1. The van der Waals surface area contributed by atoms with Crippen molar-refractivity contribution in [3.63, 3.8) is 0 Å². The zero-order valence-electron chi connectivity index (χ0n) is 15.9. The van der Waals surface area contributed by atoms with Gasteiger partial charge in [-0.15, -0.1) is 0 Å². The molecule has 0 saturated heterocycles. The van der Waals surface area contributed by atoms with E-state index in [9.17, 15) is 19.5 Å². The number of aryl methyl sites for hydroxylation is 2. The van der Waals surface area contributed by atoms with E-state index in [0.29, 0.717) is 16.8 Å². The highest BCUT2D eigenvalue weighted by molar-refractivity contribution is 6.02. The lowest BCUT2D eigenvalue weighted by Gasteiger charge is -2.22. The van der Waals surface area contributed by atoms with Crippen molar-refractivity contribution in [1.29, 1.82) is 0 Å². The van der Waals surface area contributed by atoms with Crippen LogP contribution >= 0.6 is 0 Å². The quantitative estimate of drug-likeness (QED) is 0.728. The molecular weight excluding hydrogens is 344 g/mol. The molecule has 0 aromatic heterocycles. The number of rotatable bonds is 6. The van der Waals surface area contributed by atoms with Gasteiger partial charge in [0.2, 0.25) is 5.91 Å². The summed E-state index contributed by atoms with van der Waals surface area (Å²) in [7, 11) is 0. The summed E-state index contributed by atoms with van der Waals surface area (Å²) in [5.41, 5.74) is 2.54. The minimum atomic E-state index is -1.06. The zero-order valence-corrected chi connectivity index (χ0v) is 15.9. The Morgan fingerprint density at radius 2 is 1.70 bits per heavy atom. The van der Waals surface area contributed by atoms with E-state index in [-0.39, 0.29) is 17.4 Å². The highest BCUT2D eigenvalue weighted by atomic mass is 16.4. The first-order chi connectivity index (χ1) is 12.7. The van der Waals surface area contributed by atoms with E-state index in [4.69, 9.17) is 0 Å².